The molecule has 0 saturated carbocycles. The van der Waals surface area contributed by atoms with E-state index in [2.05, 4.69) is 21.2 Å². The molecule has 1 rings (SSSR count). The molecule has 0 radical (unpaired) electrons. The van der Waals surface area contributed by atoms with Crippen molar-refractivity contribution in [2.45, 2.75) is 32.0 Å². The average molecular weight is 352 g/mol. The van der Waals surface area contributed by atoms with Gasteiger partial charge in [-0.2, -0.15) is 22.0 Å². The number of rotatable bonds is 4. The first-order valence-electron chi connectivity index (χ1n) is 5.05. The van der Waals surface area contributed by atoms with Gasteiger partial charge in [-0.1, -0.05) is 6.92 Å². The van der Waals surface area contributed by atoms with E-state index in [1.165, 1.54) is 19.9 Å². The van der Waals surface area contributed by atoms with Crippen LogP contribution in [0, 0.1) is 6.92 Å². The van der Waals surface area contributed by atoms with Crippen LogP contribution in [0.1, 0.15) is 23.4 Å². The maximum Gasteiger partial charge on any atom is 0.455 e. The van der Waals surface area contributed by atoms with Gasteiger partial charge < -0.3 is 5.32 Å². The second-order valence-corrected chi connectivity index (χ2v) is 6.31. The quantitative estimate of drug-likeness (QED) is 0.777. The van der Waals surface area contributed by atoms with Gasteiger partial charge in [0.15, 0.2) is 0 Å². The number of alkyl halides is 5. The standard InChI is InChI=1S/C10H11BrF5NS/c1-3-17-8(9(12,13)10(14,15)16)6-4-7(11)18-5(6)2/h4,8,17H,3H2,1-2H3. The molecule has 0 aromatic carbocycles. The summed E-state index contributed by atoms with van der Waals surface area (Å²) in [5, 5.41) is 2.22. The lowest BCUT2D eigenvalue weighted by Crippen LogP contribution is -2.48. The summed E-state index contributed by atoms with van der Waals surface area (Å²) in [6.07, 6.45) is -5.58. The van der Waals surface area contributed by atoms with E-state index in [0.29, 0.717) is 8.66 Å². The highest BCUT2D eigenvalue weighted by Crippen LogP contribution is 2.46. The molecule has 1 nitrogen and oxygen atoms in total. The van der Waals surface area contributed by atoms with Gasteiger partial charge in [0.25, 0.3) is 0 Å². The van der Waals surface area contributed by atoms with Gasteiger partial charge in [0.1, 0.15) is 6.04 Å². The molecular formula is C10H11BrF5NS. The lowest BCUT2D eigenvalue weighted by Gasteiger charge is -2.29. The monoisotopic (exact) mass is 351 g/mol. The Bertz CT molecular complexity index is 415. The molecule has 1 aromatic heterocycles. The fraction of sp³-hybridized carbons (Fsp3) is 0.600. The molecule has 1 aromatic rings. The van der Waals surface area contributed by atoms with Crippen LogP contribution in [0.2, 0.25) is 0 Å². The van der Waals surface area contributed by atoms with Gasteiger partial charge in [0.05, 0.1) is 3.79 Å². The second kappa shape index (κ2) is 5.42. The highest BCUT2D eigenvalue weighted by Gasteiger charge is 2.62. The number of hydrogen-bond acceptors (Lipinski definition) is 2. The van der Waals surface area contributed by atoms with Gasteiger partial charge in [0, 0.05) is 4.88 Å². The molecule has 0 spiro atoms. The van der Waals surface area contributed by atoms with Crippen LogP contribution in [0.4, 0.5) is 22.0 Å². The van der Waals surface area contributed by atoms with Crippen molar-refractivity contribution in [3.63, 3.8) is 0 Å². The molecule has 1 atom stereocenters. The molecule has 1 heterocycles. The maximum atomic E-state index is 13.5. The Morgan fingerprint density at radius 2 is 1.89 bits per heavy atom. The van der Waals surface area contributed by atoms with Gasteiger partial charge >= 0.3 is 12.1 Å². The van der Waals surface area contributed by atoms with Gasteiger partial charge in [-0.15, -0.1) is 11.3 Å². The third kappa shape index (κ3) is 3.03. The zero-order chi connectivity index (χ0) is 14.1. The van der Waals surface area contributed by atoms with E-state index < -0.39 is 18.1 Å². The number of nitrogens with one attached hydrogen (secondary N) is 1. The van der Waals surface area contributed by atoms with E-state index >= 15 is 0 Å². The van der Waals surface area contributed by atoms with Crippen LogP contribution in [-0.2, 0) is 0 Å². The summed E-state index contributed by atoms with van der Waals surface area (Å²) >= 11 is 4.21. The van der Waals surface area contributed by atoms with Crippen molar-refractivity contribution >= 4 is 27.3 Å². The third-order valence-corrected chi connectivity index (χ3v) is 3.96. The Hall–Kier alpha value is -0.210. The van der Waals surface area contributed by atoms with Crippen LogP contribution in [0.3, 0.4) is 0 Å². The predicted octanol–water partition coefficient (Wildman–Crippen LogP) is 4.67. The predicted molar refractivity (Wildman–Crippen MR) is 64.2 cm³/mol. The van der Waals surface area contributed by atoms with Gasteiger partial charge in [-0.05, 0) is 41.0 Å². The number of thiophene rings is 1. The summed E-state index contributed by atoms with van der Waals surface area (Å²) in [4.78, 5) is 0.428. The lowest BCUT2D eigenvalue weighted by molar-refractivity contribution is -0.294. The molecular weight excluding hydrogens is 341 g/mol. The Labute approximate surface area is 114 Å². The molecule has 0 aliphatic carbocycles. The van der Waals surface area contributed by atoms with E-state index in [4.69, 9.17) is 0 Å². The third-order valence-electron chi connectivity index (χ3n) is 2.39. The Balaban J connectivity index is 3.22. The summed E-state index contributed by atoms with van der Waals surface area (Å²) < 4.78 is 64.7. The maximum absolute atomic E-state index is 13.5. The van der Waals surface area contributed by atoms with Gasteiger partial charge in [0.2, 0.25) is 0 Å². The average Bonchev–Trinajstić information content (AvgIpc) is 2.52. The minimum atomic E-state index is -5.58. The summed E-state index contributed by atoms with van der Waals surface area (Å²) in [7, 11) is 0. The van der Waals surface area contributed by atoms with Crippen molar-refractivity contribution in [2.24, 2.45) is 0 Å². The van der Waals surface area contributed by atoms with E-state index in [9.17, 15) is 22.0 Å². The smallest absolute Gasteiger partial charge is 0.305 e. The van der Waals surface area contributed by atoms with Crippen LogP contribution in [0.5, 0.6) is 0 Å². The summed E-state index contributed by atoms with van der Waals surface area (Å²) in [6.45, 7) is 3.01. The molecule has 1 unspecified atom stereocenters. The first kappa shape index (κ1) is 15.8. The highest BCUT2D eigenvalue weighted by molar-refractivity contribution is 9.11. The Morgan fingerprint density at radius 3 is 2.22 bits per heavy atom. The van der Waals surface area contributed by atoms with Crippen molar-refractivity contribution in [2.75, 3.05) is 6.54 Å². The molecule has 104 valence electrons. The van der Waals surface area contributed by atoms with Crippen molar-refractivity contribution in [1.82, 2.24) is 5.32 Å². The SMILES string of the molecule is CCNC(c1cc(Br)sc1C)C(F)(F)C(F)(F)F. The van der Waals surface area contributed by atoms with Crippen molar-refractivity contribution < 1.29 is 22.0 Å². The van der Waals surface area contributed by atoms with Gasteiger partial charge in [-0.25, -0.2) is 0 Å². The molecule has 0 bridgehead atoms. The van der Waals surface area contributed by atoms with Crippen molar-refractivity contribution in [3.8, 4) is 0 Å². The first-order chi connectivity index (χ1) is 8.11. The van der Waals surface area contributed by atoms with E-state index in [1.807, 2.05) is 0 Å². The molecule has 0 saturated heterocycles. The van der Waals surface area contributed by atoms with Gasteiger partial charge in [-0.3, -0.25) is 0 Å². The highest BCUT2D eigenvalue weighted by atomic mass is 79.9. The molecule has 0 amide bonds. The fourth-order valence-electron chi connectivity index (χ4n) is 1.55. The summed E-state index contributed by atoms with van der Waals surface area (Å²) in [6, 6.07) is -0.766. The van der Waals surface area contributed by atoms with E-state index in [1.54, 1.807) is 0 Å². The van der Waals surface area contributed by atoms with Crippen molar-refractivity contribution in [1.29, 1.82) is 0 Å². The van der Waals surface area contributed by atoms with Crippen LogP contribution in [0.25, 0.3) is 0 Å². The van der Waals surface area contributed by atoms with E-state index in [-0.39, 0.29) is 12.1 Å². The Kier molecular flexibility index (Phi) is 4.77. The molecule has 0 aliphatic heterocycles. The minimum Gasteiger partial charge on any atom is -0.305 e. The molecule has 0 fully saturated rings. The number of hydrogen-bond donors (Lipinski definition) is 1. The van der Waals surface area contributed by atoms with Crippen LogP contribution in [0.15, 0.2) is 9.85 Å². The minimum absolute atomic E-state index is 0.0171. The summed E-state index contributed by atoms with van der Waals surface area (Å²) in [5.74, 6) is -4.81. The van der Waals surface area contributed by atoms with Crippen LogP contribution >= 0.6 is 27.3 Å². The number of aryl methyl sites for hydroxylation is 1. The molecule has 18 heavy (non-hydrogen) atoms. The van der Waals surface area contributed by atoms with Crippen molar-refractivity contribution in [3.05, 3.63) is 20.3 Å². The zero-order valence-corrected chi connectivity index (χ0v) is 11.9. The van der Waals surface area contributed by atoms with E-state index in [0.717, 1.165) is 11.3 Å². The molecule has 8 heteroatoms. The Morgan fingerprint density at radius 1 is 1.33 bits per heavy atom. The van der Waals surface area contributed by atoms with Crippen LogP contribution in [-0.4, -0.2) is 18.6 Å². The second-order valence-electron chi connectivity index (χ2n) is 3.67. The topological polar surface area (TPSA) is 12.0 Å². The first-order valence-corrected chi connectivity index (χ1v) is 6.66. The molecule has 0 aliphatic rings. The normalized spacial score (nSPS) is 14.9. The van der Waals surface area contributed by atoms with Crippen LogP contribution < -0.4 is 5.32 Å². The lowest BCUT2D eigenvalue weighted by atomic mass is 10.0. The molecule has 1 N–H and O–H groups in total. The largest absolute Gasteiger partial charge is 0.455 e. The number of halogens is 6. The zero-order valence-electron chi connectivity index (χ0n) is 9.54. The summed E-state index contributed by atoms with van der Waals surface area (Å²) in [5.41, 5.74) is -0.0314. The fourth-order valence-corrected chi connectivity index (χ4v) is 3.29.